The van der Waals surface area contributed by atoms with Gasteiger partial charge in [0.1, 0.15) is 0 Å². The van der Waals surface area contributed by atoms with Gasteiger partial charge in [-0.15, -0.1) is 0 Å². The molecule has 1 unspecified atom stereocenters. The molecule has 2 N–H and O–H groups in total. The van der Waals surface area contributed by atoms with Crippen molar-refractivity contribution in [2.24, 2.45) is 5.73 Å². The van der Waals surface area contributed by atoms with E-state index in [9.17, 15) is 0 Å². The third kappa shape index (κ3) is 1.71. The Morgan fingerprint density at radius 2 is 1.43 bits per heavy atom. The van der Waals surface area contributed by atoms with Crippen molar-refractivity contribution in [3.8, 4) is 0 Å². The van der Waals surface area contributed by atoms with Crippen molar-refractivity contribution in [2.45, 2.75) is 12.0 Å². The van der Waals surface area contributed by atoms with Crippen LogP contribution in [0.1, 0.15) is 12.0 Å². The normalized spacial score (nSPS) is 20.9. The molecule has 0 aromatic heterocycles. The highest BCUT2D eigenvalue weighted by molar-refractivity contribution is 6.23. The van der Waals surface area contributed by atoms with Gasteiger partial charge >= 0.3 is 0 Å². The van der Waals surface area contributed by atoms with E-state index in [0.29, 0.717) is 0 Å². The minimum absolute atomic E-state index is 0.420. The van der Waals surface area contributed by atoms with Crippen LogP contribution >= 0.6 is 0 Å². The molecule has 0 saturated heterocycles. The van der Waals surface area contributed by atoms with Gasteiger partial charge in [0.2, 0.25) is 0 Å². The molecule has 1 heteroatoms. The Balaban J connectivity index is 1.95. The lowest BCUT2D eigenvalue weighted by molar-refractivity contribution is 0.571. The van der Waals surface area contributed by atoms with E-state index in [1.54, 1.807) is 0 Å². The van der Waals surface area contributed by atoms with Gasteiger partial charge < -0.3 is 5.73 Å². The van der Waals surface area contributed by atoms with Gasteiger partial charge in [-0.3, -0.25) is 0 Å². The summed E-state index contributed by atoms with van der Waals surface area (Å²) in [7, 11) is 0. The van der Waals surface area contributed by atoms with E-state index >= 15 is 0 Å². The lowest BCUT2D eigenvalue weighted by Crippen LogP contribution is -2.34. The second kappa shape index (κ2) is 4.43. The Hall–Kier alpha value is -2.64. The van der Waals surface area contributed by atoms with Crippen LogP contribution < -0.4 is 5.73 Å². The fourth-order valence-corrected chi connectivity index (χ4v) is 3.98. The predicted molar refractivity (Wildman–Crippen MR) is 98.9 cm³/mol. The van der Waals surface area contributed by atoms with E-state index in [2.05, 4.69) is 78.9 Å². The number of hydrogen-bond donors (Lipinski definition) is 1. The molecule has 23 heavy (non-hydrogen) atoms. The minimum Gasteiger partial charge on any atom is -0.318 e. The molecule has 0 bridgehead atoms. The van der Waals surface area contributed by atoms with E-state index in [4.69, 9.17) is 5.73 Å². The van der Waals surface area contributed by atoms with E-state index in [0.717, 1.165) is 6.42 Å². The third-order valence-corrected chi connectivity index (χ3v) is 5.13. The quantitative estimate of drug-likeness (QED) is 0.477. The number of benzene rings is 4. The summed E-state index contributed by atoms with van der Waals surface area (Å²) >= 11 is 0. The zero-order valence-electron chi connectivity index (χ0n) is 12.8. The van der Waals surface area contributed by atoms with Crippen LogP contribution in [0.4, 0.5) is 0 Å². The minimum atomic E-state index is -0.420. The molecule has 1 nitrogen and oxygen atoms in total. The second-order valence-corrected chi connectivity index (χ2v) is 6.50. The fraction of sp³-hybridized carbons (Fsp3) is 0.0909. The van der Waals surface area contributed by atoms with Gasteiger partial charge in [0.15, 0.2) is 0 Å². The average molecular weight is 295 g/mol. The number of rotatable bonds is 1. The maximum atomic E-state index is 6.74. The predicted octanol–water partition coefficient (Wildman–Crippen LogP) is 5.25. The van der Waals surface area contributed by atoms with Crippen LogP contribution in [0.5, 0.6) is 0 Å². The van der Waals surface area contributed by atoms with Crippen molar-refractivity contribution >= 4 is 32.3 Å². The largest absolute Gasteiger partial charge is 0.318 e. The van der Waals surface area contributed by atoms with Crippen LogP contribution in [-0.4, -0.2) is 0 Å². The van der Waals surface area contributed by atoms with E-state index in [1.807, 2.05) is 0 Å². The smallest absolute Gasteiger partial charge is 0.0639 e. The Morgan fingerprint density at radius 1 is 0.739 bits per heavy atom. The first-order chi connectivity index (χ1) is 11.3. The monoisotopic (exact) mass is 295 g/mol. The third-order valence-electron chi connectivity index (χ3n) is 5.13. The van der Waals surface area contributed by atoms with Gasteiger partial charge in [-0.2, -0.15) is 0 Å². The molecule has 5 rings (SSSR count). The van der Waals surface area contributed by atoms with Crippen molar-refractivity contribution in [1.82, 2.24) is 0 Å². The molecular formula is C22H17N. The summed E-state index contributed by atoms with van der Waals surface area (Å²) in [5.74, 6) is 0. The van der Waals surface area contributed by atoms with Crippen LogP contribution in [0.15, 0.2) is 78.9 Å². The van der Waals surface area contributed by atoms with E-state index < -0.39 is 5.54 Å². The summed E-state index contributed by atoms with van der Waals surface area (Å²) in [6.07, 6.45) is 9.24. The molecule has 0 spiro atoms. The molecule has 0 heterocycles. The van der Waals surface area contributed by atoms with Crippen LogP contribution in [0.2, 0.25) is 0 Å². The van der Waals surface area contributed by atoms with E-state index in [-0.39, 0.29) is 0 Å². The number of allylic oxidation sites excluding steroid dienone is 2. The summed E-state index contributed by atoms with van der Waals surface area (Å²) in [5, 5.41) is 7.83. The zero-order chi connectivity index (χ0) is 15.4. The first-order valence-electron chi connectivity index (χ1n) is 8.07. The summed E-state index contributed by atoms with van der Waals surface area (Å²) < 4.78 is 0. The Morgan fingerprint density at radius 3 is 2.17 bits per heavy atom. The highest BCUT2D eigenvalue weighted by atomic mass is 14.7. The Kier molecular flexibility index (Phi) is 2.48. The Labute approximate surface area is 135 Å². The van der Waals surface area contributed by atoms with Crippen molar-refractivity contribution < 1.29 is 0 Å². The van der Waals surface area contributed by atoms with Gasteiger partial charge in [-0.1, -0.05) is 78.9 Å². The summed E-state index contributed by atoms with van der Waals surface area (Å²) in [4.78, 5) is 0. The average Bonchev–Trinajstić information content (AvgIpc) is 2.60. The molecule has 4 aromatic carbocycles. The number of nitrogens with two attached hydrogens (primary N) is 1. The van der Waals surface area contributed by atoms with Crippen LogP contribution in [0.25, 0.3) is 32.3 Å². The lowest BCUT2D eigenvalue weighted by Gasteiger charge is -2.29. The van der Waals surface area contributed by atoms with Crippen LogP contribution in [-0.2, 0) is 5.54 Å². The summed E-state index contributed by atoms with van der Waals surface area (Å²) in [6.45, 7) is 0. The maximum Gasteiger partial charge on any atom is 0.0639 e. The lowest BCUT2D eigenvalue weighted by atomic mass is 9.80. The van der Waals surface area contributed by atoms with E-state index in [1.165, 1.54) is 37.9 Å². The van der Waals surface area contributed by atoms with Gasteiger partial charge in [-0.25, -0.2) is 0 Å². The molecule has 1 aliphatic carbocycles. The zero-order valence-corrected chi connectivity index (χ0v) is 12.8. The molecule has 4 aromatic rings. The molecule has 0 amide bonds. The molecule has 110 valence electrons. The first-order valence-corrected chi connectivity index (χ1v) is 8.07. The van der Waals surface area contributed by atoms with Crippen LogP contribution in [0, 0.1) is 0 Å². The van der Waals surface area contributed by atoms with Crippen molar-refractivity contribution in [3.05, 3.63) is 84.5 Å². The standard InChI is InChI=1S/C22H17N/c23-22(13-2-1-3-14-22)19-12-10-17-8-7-15-5-4-6-16-9-11-18(19)21(17)20(15)16/h1-13H,14,23H2. The highest BCUT2D eigenvalue weighted by Gasteiger charge is 2.26. The molecule has 0 saturated carbocycles. The SMILES string of the molecule is NC1(c2ccc3ccc4cccc5ccc2c3c45)C=CC=CC1. The van der Waals surface area contributed by atoms with Gasteiger partial charge in [-0.05, 0) is 44.3 Å². The molecule has 0 fully saturated rings. The highest BCUT2D eigenvalue weighted by Crippen LogP contribution is 2.40. The fourth-order valence-electron chi connectivity index (χ4n) is 3.98. The molecular weight excluding hydrogens is 278 g/mol. The first kappa shape index (κ1) is 12.9. The molecule has 0 aliphatic heterocycles. The van der Waals surface area contributed by atoms with Gasteiger partial charge in [0, 0.05) is 0 Å². The second-order valence-electron chi connectivity index (χ2n) is 6.50. The Bertz CT molecular complexity index is 1090. The van der Waals surface area contributed by atoms with Gasteiger partial charge in [0.05, 0.1) is 5.54 Å². The topological polar surface area (TPSA) is 26.0 Å². The van der Waals surface area contributed by atoms with Crippen molar-refractivity contribution in [3.63, 3.8) is 0 Å². The molecule has 0 radical (unpaired) electrons. The molecule has 1 aliphatic rings. The maximum absolute atomic E-state index is 6.74. The summed E-state index contributed by atoms with van der Waals surface area (Å²) in [5.41, 5.74) is 7.53. The van der Waals surface area contributed by atoms with Crippen LogP contribution in [0.3, 0.4) is 0 Å². The molecule has 1 atom stereocenters. The van der Waals surface area contributed by atoms with Gasteiger partial charge in [0.25, 0.3) is 0 Å². The van der Waals surface area contributed by atoms with Crippen molar-refractivity contribution in [2.75, 3.05) is 0 Å². The summed E-state index contributed by atoms with van der Waals surface area (Å²) in [6, 6.07) is 19.8. The number of hydrogen-bond acceptors (Lipinski definition) is 1. The van der Waals surface area contributed by atoms with Crippen molar-refractivity contribution in [1.29, 1.82) is 0 Å².